The van der Waals surface area contributed by atoms with Crippen molar-refractivity contribution in [3.05, 3.63) is 35.4 Å². The maximum atomic E-state index is 12.7. The van der Waals surface area contributed by atoms with Crippen molar-refractivity contribution in [2.75, 3.05) is 39.3 Å². The average Bonchev–Trinajstić information content (AvgIpc) is 2.49. The summed E-state index contributed by atoms with van der Waals surface area (Å²) in [4.78, 5) is 4.62. The van der Waals surface area contributed by atoms with Crippen molar-refractivity contribution in [1.29, 1.82) is 0 Å². The highest BCUT2D eigenvalue weighted by molar-refractivity contribution is 5.25. The number of hydrogen-bond donors (Lipinski definition) is 1. The van der Waals surface area contributed by atoms with Gasteiger partial charge in [0.1, 0.15) is 0 Å². The SMILES string of the molecule is NCCCCN1CCN(Cc2cccc(C(F)(F)F)c2)CC1. The summed E-state index contributed by atoms with van der Waals surface area (Å²) in [5.41, 5.74) is 5.65. The normalized spacial score (nSPS) is 17.8. The van der Waals surface area contributed by atoms with Crippen LogP contribution in [0.25, 0.3) is 0 Å². The van der Waals surface area contributed by atoms with Gasteiger partial charge < -0.3 is 10.6 Å². The highest BCUT2D eigenvalue weighted by atomic mass is 19.4. The van der Waals surface area contributed by atoms with Gasteiger partial charge in [0, 0.05) is 32.7 Å². The first kappa shape index (κ1) is 17.2. The molecule has 0 radical (unpaired) electrons. The van der Waals surface area contributed by atoms with E-state index < -0.39 is 11.7 Å². The molecular formula is C16H24F3N3. The first-order valence-electron chi connectivity index (χ1n) is 7.80. The fourth-order valence-electron chi connectivity index (χ4n) is 2.75. The van der Waals surface area contributed by atoms with Crippen LogP contribution in [-0.2, 0) is 12.7 Å². The van der Waals surface area contributed by atoms with Gasteiger partial charge in [-0.2, -0.15) is 13.2 Å². The van der Waals surface area contributed by atoms with Gasteiger partial charge >= 0.3 is 6.18 Å². The van der Waals surface area contributed by atoms with E-state index in [1.54, 1.807) is 6.07 Å². The highest BCUT2D eigenvalue weighted by Crippen LogP contribution is 2.29. The van der Waals surface area contributed by atoms with Crippen LogP contribution < -0.4 is 5.73 Å². The lowest BCUT2D eigenvalue weighted by molar-refractivity contribution is -0.137. The average molecular weight is 315 g/mol. The van der Waals surface area contributed by atoms with Gasteiger partial charge in [-0.15, -0.1) is 0 Å². The predicted molar refractivity (Wildman–Crippen MR) is 81.4 cm³/mol. The van der Waals surface area contributed by atoms with Crippen molar-refractivity contribution < 1.29 is 13.2 Å². The largest absolute Gasteiger partial charge is 0.416 e. The molecule has 1 fully saturated rings. The third-order valence-electron chi connectivity index (χ3n) is 4.05. The molecule has 0 amide bonds. The van der Waals surface area contributed by atoms with Crippen molar-refractivity contribution in [1.82, 2.24) is 9.80 Å². The monoisotopic (exact) mass is 315 g/mol. The summed E-state index contributed by atoms with van der Waals surface area (Å²) >= 11 is 0. The quantitative estimate of drug-likeness (QED) is 0.819. The van der Waals surface area contributed by atoms with Crippen LogP contribution in [0.4, 0.5) is 13.2 Å². The summed E-state index contributed by atoms with van der Waals surface area (Å²) in [6, 6.07) is 5.64. The summed E-state index contributed by atoms with van der Waals surface area (Å²) < 4.78 is 38.1. The number of benzene rings is 1. The molecule has 22 heavy (non-hydrogen) atoms. The lowest BCUT2D eigenvalue weighted by Crippen LogP contribution is -2.46. The summed E-state index contributed by atoms with van der Waals surface area (Å²) in [5, 5.41) is 0. The molecule has 0 saturated carbocycles. The minimum absolute atomic E-state index is 0.564. The lowest BCUT2D eigenvalue weighted by atomic mass is 10.1. The molecule has 0 bridgehead atoms. The fourth-order valence-corrected chi connectivity index (χ4v) is 2.75. The van der Waals surface area contributed by atoms with Gasteiger partial charge in [-0.3, -0.25) is 4.90 Å². The van der Waals surface area contributed by atoms with Gasteiger partial charge in [0.25, 0.3) is 0 Å². The van der Waals surface area contributed by atoms with Gasteiger partial charge in [-0.05, 0) is 37.6 Å². The number of nitrogens with zero attached hydrogens (tertiary/aromatic N) is 2. The summed E-state index contributed by atoms with van der Waals surface area (Å²) in [6.45, 7) is 6.13. The highest BCUT2D eigenvalue weighted by Gasteiger charge is 2.30. The van der Waals surface area contributed by atoms with Crippen molar-refractivity contribution in [3.63, 3.8) is 0 Å². The molecule has 1 heterocycles. The molecule has 0 spiro atoms. The number of unbranched alkanes of at least 4 members (excludes halogenated alkanes) is 1. The Hall–Kier alpha value is -1.11. The molecule has 0 aromatic heterocycles. The second kappa shape index (κ2) is 7.94. The van der Waals surface area contributed by atoms with Crippen molar-refractivity contribution in [2.24, 2.45) is 5.73 Å². The van der Waals surface area contributed by atoms with Crippen LogP contribution in [0.2, 0.25) is 0 Å². The van der Waals surface area contributed by atoms with Crippen LogP contribution >= 0.6 is 0 Å². The van der Waals surface area contributed by atoms with Crippen LogP contribution in [0.3, 0.4) is 0 Å². The van der Waals surface area contributed by atoms with Crippen molar-refractivity contribution in [2.45, 2.75) is 25.6 Å². The fraction of sp³-hybridized carbons (Fsp3) is 0.625. The molecule has 124 valence electrons. The van der Waals surface area contributed by atoms with E-state index in [2.05, 4.69) is 9.80 Å². The number of nitrogens with two attached hydrogens (primary N) is 1. The summed E-state index contributed by atoms with van der Waals surface area (Å²) in [6.07, 6.45) is -2.10. The molecule has 1 aromatic rings. The van der Waals surface area contributed by atoms with Crippen molar-refractivity contribution >= 4 is 0 Å². The second-order valence-corrected chi connectivity index (χ2v) is 5.81. The lowest BCUT2D eigenvalue weighted by Gasteiger charge is -2.34. The smallest absolute Gasteiger partial charge is 0.330 e. The third-order valence-corrected chi connectivity index (χ3v) is 4.05. The first-order valence-corrected chi connectivity index (χ1v) is 7.80. The second-order valence-electron chi connectivity index (χ2n) is 5.81. The van der Waals surface area contributed by atoms with Crippen molar-refractivity contribution in [3.8, 4) is 0 Å². The Morgan fingerprint density at radius 1 is 1.00 bits per heavy atom. The molecule has 6 heteroatoms. The number of alkyl halides is 3. The zero-order valence-electron chi connectivity index (χ0n) is 12.8. The molecule has 1 aromatic carbocycles. The van der Waals surface area contributed by atoms with Gasteiger partial charge in [0.2, 0.25) is 0 Å². The predicted octanol–water partition coefficient (Wildman–Crippen LogP) is 2.56. The van der Waals surface area contributed by atoms with E-state index in [0.717, 1.165) is 63.7 Å². The molecule has 2 rings (SSSR count). The van der Waals surface area contributed by atoms with E-state index >= 15 is 0 Å². The Kier molecular flexibility index (Phi) is 6.23. The standard InChI is InChI=1S/C16H24F3N3/c17-16(18,19)15-5-3-4-14(12-15)13-22-10-8-21(9-11-22)7-2-1-6-20/h3-5,12H,1-2,6-11,13,20H2. The maximum Gasteiger partial charge on any atom is 0.416 e. The van der Waals surface area contributed by atoms with Gasteiger partial charge in [0.05, 0.1) is 5.56 Å². The zero-order valence-corrected chi connectivity index (χ0v) is 12.8. The Balaban J connectivity index is 1.81. The third kappa shape index (κ3) is 5.26. The van der Waals surface area contributed by atoms with Crippen LogP contribution in [0.5, 0.6) is 0 Å². The molecule has 0 aliphatic carbocycles. The van der Waals surface area contributed by atoms with Crippen LogP contribution in [0, 0.1) is 0 Å². The molecule has 3 nitrogen and oxygen atoms in total. The molecule has 2 N–H and O–H groups in total. The van der Waals surface area contributed by atoms with E-state index in [-0.39, 0.29) is 0 Å². The minimum atomic E-state index is -4.27. The number of piperazine rings is 1. The Morgan fingerprint density at radius 2 is 1.68 bits per heavy atom. The van der Waals surface area contributed by atoms with Crippen LogP contribution in [0.1, 0.15) is 24.0 Å². The zero-order chi connectivity index (χ0) is 16.0. The van der Waals surface area contributed by atoms with Gasteiger partial charge in [0.15, 0.2) is 0 Å². The first-order chi connectivity index (χ1) is 10.5. The van der Waals surface area contributed by atoms with Gasteiger partial charge in [-0.1, -0.05) is 18.2 Å². The molecular weight excluding hydrogens is 291 g/mol. The van der Waals surface area contributed by atoms with E-state index in [4.69, 9.17) is 5.73 Å². The maximum absolute atomic E-state index is 12.7. The molecule has 1 aliphatic heterocycles. The van der Waals surface area contributed by atoms with E-state index in [0.29, 0.717) is 6.54 Å². The van der Waals surface area contributed by atoms with Crippen LogP contribution in [-0.4, -0.2) is 49.1 Å². The minimum Gasteiger partial charge on any atom is -0.330 e. The Bertz CT molecular complexity index is 454. The van der Waals surface area contributed by atoms with Gasteiger partial charge in [-0.25, -0.2) is 0 Å². The number of halogens is 3. The van der Waals surface area contributed by atoms with Crippen LogP contribution in [0.15, 0.2) is 24.3 Å². The topological polar surface area (TPSA) is 32.5 Å². The Morgan fingerprint density at radius 3 is 2.32 bits per heavy atom. The molecule has 1 saturated heterocycles. The molecule has 0 unspecified atom stereocenters. The number of hydrogen-bond acceptors (Lipinski definition) is 3. The number of rotatable bonds is 6. The summed E-state index contributed by atoms with van der Waals surface area (Å²) in [7, 11) is 0. The van der Waals surface area contributed by atoms with E-state index in [9.17, 15) is 13.2 Å². The van der Waals surface area contributed by atoms with E-state index in [1.807, 2.05) is 0 Å². The molecule has 0 atom stereocenters. The molecule has 1 aliphatic rings. The van der Waals surface area contributed by atoms with E-state index in [1.165, 1.54) is 12.1 Å². The Labute approximate surface area is 129 Å². The summed E-state index contributed by atoms with van der Waals surface area (Å²) in [5.74, 6) is 0.